The molecule has 0 aliphatic carbocycles. The second-order valence-electron chi connectivity index (χ2n) is 5.63. The fourth-order valence-electron chi connectivity index (χ4n) is 2.50. The van der Waals surface area contributed by atoms with Gasteiger partial charge in [-0.1, -0.05) is 30.0 Å². The number of nitrogens with zero attached hydrogens (tertiary/aromatic N) is 5. The summed E-state index contributed by atoms with van der Waals surface area (Å²) in [7, 11) is 1.79. The number of nitriles is 1. The lowest BCUT2D eigenvalue weighted by Crippen LogP contribution is -2.32. The van der Waals surface area contributed by atoms with Gasteiger partial charge in [0.1, 0.15) is 12.4 Å². The average Bonchev–Trinajstić information content (AvgIpc) is 3.06. The average molecular weight is 381 g/mol. The van der Waals surface area contributed by atoms with Crippen molar-refractivity contribution in [2.24, 2.45) is 7.05 Å². The van der Waals surface area contributed by atoms with Crippen LogP contribution in [0, 0.1) is 17.1 Å². The van der Waals surface area contributed by atoms with Crippen LogP contribution in [0.4, 0.5) is 10.1 Å². The van der Waals surface area contributed by atoms with Crippen molar-refractivity contribution in [3.05, 3.63) is 60.4 Å². The number of carbonyl (C=O) groups excluding carboxylic acids is 1. The number of halogens is 1. The largest absolute Gasteiger partial charge is 0.305 e. The zero-order valence-electron chi connectivity index (χ0n) is 14.5. The zero-order valence-corrected chi connectivity index (χ0v) is 15.4. The number of rotatable bonds is 6. The Bertz CT molecular complexity index is 966. The van der Waals surface area contributed by atoms with Crippen molar-refractivity contribution in [3.8, 4) is 17.5 Å². The number of hydrogen-bond acceptors (Lipinski definition) is 5. The lowest BCUT2D eigenvalue weighted by Gasteiger charge is -2.19. The van der Waals surface area contributed by atoms with Crippen molar-refractivity contribution < 1.29 is 9.18 Å². The van der Waals surface area contributed by atoms with Crippen LogP contribution in [-0.4, -0.2) is 33.0 Å². The first-order valence-electron chi connectivity index (χ1n) is 8.10. The SMILES string of the molecule is Cn1c(SCC(=O)N(CC#N)c2ccccc2)nnc1-c1ccc(F)cc1. The van der Waals surface area contributed by atoms with Crippen LogP contribution in [0.3, 0.4) is 0 Å². The molecule has 0 saturated carbocycles. The first-order chi connectivity index (χ1) is 13.1. The third kappa shape index (κ3) is 4.33. The molecule has 0 saturated heterocycles. The van der Waals surface area contributed by atoms with Gasteiger partial charge in [-0.2, -0.15) is 5.26 Å². The smallest absolute Gasteiger partial charge is 0.238 e. The maximum Gasteiger partial charge on any atom is 0.238 e. The van der Waals surface area contributed by atoms with E-state index in [9.17, 15) is 9.18 Å². The van der Waals surface area contributed by atoms with Crippen LogP contribution in [0.5, 0.6) is 0 Å². The van der Waals surface area contributed by atoms with Crippen molar-refractivity contribution in [2.75, 3.05) is 17.2 Å². The number of hydrogen-bond donors (Lipinski definition) is 0. The highest BCUT2D eigenvalue weighted by Crippen LogP contribution is 2.24. The van der Waals surface area contributed by atoms with Gasteiger partial charge < -0.3 is 4.57 Å². The van der Waals surface area contributed by atoms with Crippen LogP contribution in [0.15, 0.2) is 59.8 Å². The molecule has 27 heavy (non-hydrogen) atoms. The molecule has 0 bridgehead atoms. The fraction of sp³-hybridized carbons (Fsp3) is 0.158. The standard InChI is InChI=1S/C19H16FN5OS/c1-24-18(14-7-9-15(20)10-8-14)22-23-19(24)27-13-17(26)25(12-11-21)16-5-3-2-4-6-16/h2-10H,12-13H2,1H3. The molecule has 1 amide bonds. The van der Waals surface area contributed by atoms with E-state index in [2.05, 4.69) is 10.2 Å². The molecular formula is C19H16FN5OS. The lowest BCUT2D eigenvalue weighted by molar-refractivity contribution is -0.116. The van der Waals surface area contributed by atoms with Crippen LogP contribution in [-0.2, 0) is 11.8 Å². The molecule has 0 unspecified atom stereocenters. The quantitative estimate of drug-likeness (QED) is 0.484. The first kappa shape index (κ1) is 18.6. The van der Waals surface area contributed by atoms with E-state index in [0.717, 1.165) is 5.56 Å². The third-order valence-corrected chi connectivity index (χ3v) is 4.86. The number of thioether (sulfide) groups is 1. The monoisotopic (exact) mass is 381 g/mol. The number of aromatic nitrogens is 3. The van der Waals surface area contributed by atoms with E-state index < -0.39 is 0 Å². The Labute approximate surface area is 160 Å². The summed E-state index contributed by atoms with van der Waals surface area (Å²) in [6.07, 6.45) is 0. The molecule has 6 nitrogen and oxygen atoms in total. The van der Waals surface area contributed by atoms with Gasteiger partial charge >= 0.3 is 0 Å². The van der Waals surface area contributed by atoms with Gasteiger partial charge in [0, 0.05) is 18.3 Å². The number of carbonyl (C=O) groups is 1. The van der Waals surface area contributed by atoms with E-state index in [1.165, 1.54) is 28.8 Å². The molecule has 2 aromatic carbocycles. The van der Waals surface area contributed by atoms with Crippen LogP contribution in [0.1, 0.15) is 0 Å². The molecule has 0 fully saturated rings. The topological polar surface area (TPSA) is 74.8 Å². The summed E-state index contributed by atoms with van der Waals surface area (Å²) in [6, 6.07) is 17.1. The number of para-hydroxylation sites is 1. The van der Waals surface area contributed by atoms with Gasteiger partial charge in [-0.25, -0.2) is 4.39 Å². The Balaban J connectivity index is 1.72. The molecule has 0 N–H and O–H groups in total. The second kappa shape index (κ2) is 8.47. The second-order valence-corrected chi connectivity index (χ2v) is 6.58. The Morgan fingerprint density at radius 2 is 1.89 bits per heavy atom. The molecule has 0 aliphatic heterocycles. The predicted molar refractivity (Wildman–Crippen MR) is 102 cm³/mol. The summed E-state index contributed by atoms with van der Waals surface area (Å²) < 4.78 is 14.8. The third-order valence-electron chi connectivity index (χ3n) is 3.86. The van der Waals surface area contributed by atoms with Crippen LogP contribution < -0.4 is 4.90 Å². The molecule has 3 aromatic rings. The van der Waals surface area contributed by atoms with Crippen molar-refractivity contribution >= 4 is 23.4 Å². The summed E-state index contributed by atoms with van der Waals surface area (Å²) in [6.45, 7) is -0.0248. The van der Waals surface area contributed by atoms with Gasteiger partial charge in [-0.05, 0) is 36.4 Å². The molecule has 0 radical (unpaired) electrons. The van der Waals surface area contributed by atoms with Gasteiger partial charge in [0.25, 0.3) is 0 Å². The van der Waals surface area contributed by atoms with Crippen molar-refractivity contribution in [2.45, 2.75) is 5.16 Å². The molecule has 8 heteroatoms. The van der Waals surface area contributed by atoms with Gasteiger partial charge in [-0.3, -0.25) is 9.69 Å². The Morgan fingerprint density at radius 1 is 1.19 bits per heavy atom. The molecule has 0 spiro atoms. The molecule has 1 aromatic heterocycles. The number of benzene rings is 2. The summed E-state index contributed by atoms with van der Waals surface area (Å²) in [5.74, 6) is 0.187. The minimum Gasteiger partial charge on any atom is -0.305 e. The molecular weight excluding hydrogens is 365 g/mol. The number of anilines is 1. The first-order valence-corrected chi connectivity index (χ1v) is 9.09. The van der Waals surface area contributed by atoms with Gasteiger partial charge in [0.15, 0.2) is 11.0 Å². The molecule has 1 heterocycles. The van der Waals surface area contributed by atoms with Gasteiger partial charge in [0.05, 0.1) is 11.8 Å². The maximum absolute atomic E-state index is 13.1. The molecule has 136 valence electrons. The van der Waals surface area contributed by atoms with Crippen LogP contribution in [0.2, 0.25) is 0 Å². The van der Waals surface area contributed by atoms with Crippen LogP contribution >= 0.6 is 11.8 Å². The van der Waals surface area contributed by atoms with Crippen LogP contribution in [0.25, 0.3) is 11.4 Å². The molecule has 3 rings (SSSR count). The maximum atomic E-state index is 13.1. The Morgan fingerprint density at radius 3 is 2.56 bits per heavy atom. The summed E-state index contributed by atoms with van der Waals surface area (Å²) in [5.41, 5.74) is 1.41. The summed E-state index contributed by atoms with van der Waals surface area (Å²) in [4.78, 5) is 14.0. The highest BCUT2D eigenvalue weighted by molar-refractivity contribution is 7.99. The minimum atomic E-state index is -0.320. The highest BCUT2D eigenvalue weighted by atomic mass is 32.2. The van der Waals surface area contributed by atoms with E-state index in [0.29, 0.717) is 16.7 Å². The summed E-state index contributed by atoms with van der Waals surface area (Å²) in [5, 5.41) is 17.8. The zero-order chi connectivity index (χ0) is 19.2. The highest BCUT2D eigenvalue weighted by Gasteiger charge is 2.18. The number of amides is 1. The van der Waals surface area contributed by atoms with E-state index in [-0.39, 0.29) is 24.0 Å². The van der Waals surface area contributed by atoms with E-state index in [1.807, 2.05) is 24.3 Å². The van der Waals surface area contributed by atoms with Crippen molar-refractivity contribution in [1.29, 1.82) is 5.26 Å². The Kier molecular flexibility index (Phi) is 5.84. The van der Waals surface area contributed by atoms with Crippen molar-refractivity contribution in [3.63, 3.8) is 0 Å². The van der Waals surface area contributed by atoms with E-state index >= 15 is 0 Å². The van der Waals surface area contributed by atoms with Crippen molar-refractivity contribution in [1.82, 2.24) is 14.8 Å². The minimum absolute atomic E-state index is 0.0248. The molecule has 0 aliphatic rings. The molecule has 0 atom stereocenters. The van der Waals surface area contributed by atoms with Gasteiger partial charge in [0.2, 0.25) is 5.91 Å². The fourth-order valence-corrected chi connectivity index (χ4v) is 3.28. The van der Waals surface area contributed by atoms with Gasteiger partial charge in [-0.15, -0.1) is 10.2 Å². The Hall–Kier alpha value is -3.18. The van der Waals surface area contributed by atoms with E-state index in [1.54, 1.807) is 35.9 Å². The normalized spacial score (nSPS) is 10.4. The van der Waals surface area contributed by atoms with E-state index in [4.69, 9.17) is 5.26 Å². The predicted octanol–water partition coefficient (Wildman–Crippen LogP) is 3.27. The summed E-state index contributed by atoms with van der Waals surface area (Å²) >= 11 is 1.24. The lowest BCUT2D eigenvalue weighted by atomic mass is 10.2.